The van der Waals surface area contributed by atoms with Gasteiger partial charge in [-0.1, -0.05) is 30.3 Å². The van der Waals surface area contributed by atoms with Crippen molar-refractivity contribution in [3.63, 3.8) is 0 Å². The van der Waals surface area contributed by atoms with Gasteiger partial charge in [0.2, 0.25) is 0 Å². The third kappa shape index (κ3) is 3.00. The van der Waals surface area contributed by atoms with Crippen molar-refractivity contribution in [2.24, 2.45) is 0 Å². The highest BCUT2D eigenvalue weighted by Crippen LogP contribution is 2.38. The van der Waals surface area contributed by atoms with Gasteiger partial charge in [-0.3, -0.25) is 0 Å². The fourth-order valence-corrected chi connectivity index (χ4v) is 2.11. The molecule has 1 aromatic heterocycles. The molecule has 0 atom stereocenters. The summed E-state index contributed by atoms with van der Waals surface area (Å²) in [6, 6.07) is 9.09. The van der Waals surface area contributed by atoms with Crippen molar-refractivity contribution < 1.29 is 17.9 Å². The molecule has 2 rings (SSSR count). The molecule has 0 radical (unpaired) electrons. The third-order valence-electron chi connectivity index (χ3n) is 2.17. The fourth-order valence-electron chi connectivity index (χ4n) is 1.34. The standard InChI is InChI=1S/C12H9F3OS/c13-12(14,15)10-7-17-8-11(10)16-6-9-4-2-1-3-5-9/h1-5,7-8H,6H2. The van der Waals surface area contributed by atoms with Gasteiger partial charge in [-0.15, -0.1) is 11.3 Å². The Labute approximate surface area is 100 Å². The van der Waals surface area contributed by atoms with Crippen LogP contribution in [0.4, 0.5) is 13.2 Å². The van der Waals surface area contributed by atoms with E-state index in [1.165, 1.54) is 5.38 Å². The minimum absolute atomic E-state index is 0.105. The zero-order valence-electron chi connectivity index (χ0n) is 8.70. The van der Waals surface area contributed by atoms with Crippen LogP contribution in [0.25, 0.3) is 0 Å². The van der Waals surface area contributed by atoms with Crippen molar-refractivity contribution in [1.82, 2.24) is 0 Å². The molecule has 0 saturated carbocycles. The van der Waals surface area contributed by atoms with Crippen LogP contribution in [0, 0.1) is 0 Å². The van der Waals surface area contributed by atoms with Crippen LogP contribution in [0.15, 0.2) is 41.1 Å². The molecular weight excluding hydrogens is 249 g/mol. The number of hydrogen-bond donors (Lipinski definition) is 0. The van der Waals surface area contributed by atoms with Gasteiger partial charge in [-0.2, -0.15) is 13.2 Å². The van der Waals surface area contributed by atoms with Gasteiger partial charge in [0.25, 0.3) is 0 Å². The minimum Gasteiger partial charge on any atom is -0.487 e. The lowest BCUT2D eigenvalue weighted by Gasteiger charge is -2.09. The lowest BCUT2D eigenvalue weighted by atomic mass is 10.2. The quantitative estimate of drug-likeness (QED) is 0.795. The highest BCUT2D eigenvalue weighted by molar-refractivity contribution is 7.08. The monoisotopic (exact) mass is 258 g/mol. The van der Waals surface area contributed by atoms with E-state index >= 15 is 0 Å². The van der Waals surface area contributed by atoms with E-state index in [0.29, 0.717) is 0 Å². The summed E-state index contributed by atoms with van der Waals surface area (Å²) in [4.78, 5) is 0. The molecule has 0 N–H and O–H groups in total. The zero-order chi connectivity index (χ0) is 12.3. The van der Waals surface area contributed by atoms with Crippen LogP contribution in [0.5, 0.6) is 5.75 Å². The van der Waals surface area contributed by atoms with Crippen molar-refractivity contribution in [2.45, 2.75) is 12.8 Å². The first-order valence-electron chi connectivity index (χ1n) is 4.87. The summed E-state index contributed by atoms with van der Waals surface area (Å²) in [6.45, 7) is 0.140. The molecule has 0 unspecified atom stereocenters. The minimum atomic E-state index is -4.36. The van der Waals surface area contributed by atoms with Gasteiger partial charge in [0, 0.05) is 10.8 Å². The van der Waals surface area contributed by atoms with E-state index in [4.69, 9.17) is 4.74 Å². The smallest absolute Gasteiger partial charge is 0.420 e. The zero-order valence-corrected chi connectivity index (χ0v) is 9.52. The Balaban J connectivity index is 2.08. The normalized spacial score (nSPS) is 11.5. The van der Waals surface area contributed by atoms with Crippen LogP contribution in [0.2, 0.25) is 0 Å². The Morgan fingerprint density at radius 1 is 1.06 bits per heavy atom. The Kier molecular flexibility index (Phi) is 3.38. The lowest BCUT2D eigenvalue weighted by molar-refractivity contribution is -0.138. The summed E-state index contributed by atoms with van der Waals surface area (Å²) in [7, 11) is 0. The summed E-state index contributed by atoms with van der Waals surface area (Å²) >= 11 is 0.983. The molecule has 0 aliphatic carbocycles. The molecule has 0 saturated heterocycles. The van der Waals surface area contributed by atoms with Gasteiger partial charge in [-0.05, 0) is 5.56 Å². The molecule has 0 amide bonds. The van der Waals surface area contributed by atoms with Crippen LogP contribution in [0.1, 0.15) is 11.1 Å². The van der Waals surface area contributed by atoms with Gasteiger partial charge < -0.3 is 4.74 Å². The van der Waals surface area contributed by atoms with Gasteiger partial charge >= 0.3 is 6.18 Å². The number of ether oxygens (including phenoxy) is 1. The second-order valence-corrected chi connectivity index (χ2v) is 4.17. The Hall–Kier alpha value is -1.49. The third-order valence-corrected chi connectivity index (χ3v) is 2.89. The Morgan fingerprint density at radius 2 is 1.76 bits per heavy atom. The molecule has 0 fully saturated rings. The van der Waals surface area contributed by atoms with Crippen LogP contribution in [-0.4, -0.2) is 0 Å². The fraction of sp³-hybridized carbons (Fsp3) is 0.167. The molecule has 2 aromatic rings. The van der Waals surface area contributed by atoms with E-state index in [-0.39, 0.29) is 12.4 Å². The molecule has 0 bridgehead atoms. The highest BCUT2D eigenvalue weighted by atomic mass is 32.1. The van der Waals surface area contributed by atoms with E-state index in [0.717, 1.165) is 22.3 Å². The molecule has 17 heavy (non-hydrogen) atoms. The topological polar surface area (TPSA) is 9.23 Å². The number of rotatable bonds is 3. The van der Waals surface area contributed by atoms with E-state index in [9.17, 15) is 13.2 Å². The summed E-state index contributed by atoms with van der Waals surface area (Å²) in [5, 5.41) is 2.42. The number of benzene rings is 1. The Morgan fingerprint density at radius 3 is 2.41 bits per heavy atom. The van der Waals surface area contributed by atoms with Crippen molar-refractivity contribution in [2.75, 3.05) is 0 Å². The van der Waals surface area contributed by atoms with Crippen LogP contribution < -0.4 is 4.74 Å². The summed E-state index contributed by atoms with van der Waals surface area (Å²) in [5.41, 5.74) is 0.130. The average Bonchev–Trinajstić information content (AvgIpc) is 2.75. The van der Waals surface area contributed by atoms with Crippen molar-refractivity contribution >= 4 is 11.3 Å². The molecule has 0 spiro atoms. The van der Waals surface area contributed by atoms with Gasteiger partial charge in [0.1, 0.15) is 17.9 Å². The first-order valence-corrected chi connectivity index (χ1v) is 5.82. The average molecular weight is 258 g/mol. The van der Waals surface area contributed by atoms with Crippen molar-refractivity contribution in [3.8, 4) is 5.75 Å². The number of alkyl halides is 3. The lowest BCUT2D eigenvalue weighted by Crippen LogP contribution is -2.06. The molecule has 1 aromatic carbocycles. The van der Waals surface area contributed by atoms with Gasteiger partial charge in [0.05, 0.1) is 0 Å². The molecule has 0 aliphatic heterocycles. The first kappa shape index (κ1) is 12.0. The molecule has 1 heterocycles. The predicted octanol–water partition coefficient (Wildman–Crippen LogP) is 4.35. The summed E-state index contributed by atoms with van der Waals surface area (Å²) in [6.07, 6.45) is -4.36. The van der Waals surface area contributed by atoms with Crippen molar-refractivity contribution in [1.29, 1.82) is 0 Å². The summed E-state index contributed by atoms with van der Waals surface area (Å²) in [5.74, 6) is -0.105. The van der Waals surface area contributed by atoms with Crippen molar-refractivity contribution in [3.05, 3.63) is 52.2 Å². The van der Waals surface area contributed by atoms with Gasteiger partial charge in [0.15, 0.2) is 0 Å². The number of thiophene rings is 1. The second kappa shape index (κ2) is 4.79. The van der Waals surface area contributed by atoms with E-state index in [2.05, 4.69) is 0 Å². The molecule has 5 heteroatoms. The predicted molar refractivity (Wildman–Crippen MR) is 60.1 cm³/mol. The second-order valence-electron chi connectivity index (χ2n) is 3.42. The van der Waals surface area contributed by atoms with Crippen LogP contribution in [0.3, 0.4) is 0 Å². The van der Waals surface area contributed by atoms with E-state index in [1.807, 2.05) is 18.2 Å². The van der Waals surface area contributed by atoms with Gasteiger partial charge in [-0.25, -0.2) is 0 Å². The highest BCUT2D eigenvalue weighted by Gasteiger charge is 2.35. The summed E-state index contributed by atoms with van der Waals surface area (Å²) < 4.78 is 42.8. The Bertz CT molecular complexity index is 476. The maximum absolute atomic E-state index is 12.5. The van der Waals surface area contributed by atoms with Crippen LogP contribution in [-0.2, 0) is 12.8 Å². The maximum Gasteiger partial charge on any atom is 0.420 e. The first-order chi connectivity index (χ1) is 8.07. The number of hydrogen-bond acceptors (Lipinski definition) is 2. The van der Waals surface area contributed by atoms with E-state index in [1.54, 1.807) is 12.1 Å². The number of halogens is 3. The SMILES string of the molecule is FC(F)(F)c1cscc1OCc1ccccc1. The van der Waals surface area contributed by atoms with E-state index < -0.39 is 11.7 Å². The van der Waals surface area contributed by atoms with Crippen LogP contribution >= 0.6 is 11.3 Å². The molecule has 0 aliphatic rings. The molecule has 1 nitrogen and oxygen atoms in total. The largest absolute Gasteiger partial charge is 0.487 e. The molecular formula is C12H9F3OS. The molecule has 90 valence electrons. The maximum atomic E-state index is 12.5.